The van der Waals surface area contributed by atoms with Crippen molar-refractivity contribution in [3.8, 4) is 11.3 Å². The van der Waals surface area contributed by atoms with Crippen LogP contribution in [0, 0.1) is 6.92 Å². The molecule has 0 saturated carbocycles. The standard InChI is InChI=1S/C21H14ClNO3S/c1-13-7-8-14(11-17(13)22)18-10-9-16(26-18)12-19-20(24)23(21(25)27-19)15-5-3-2-4-6-15/h2-12H,1H3/b19-12+. The van der Waals surface area contributed by atoms with E-state index in [0.29, 0.717) is 27.1 Å². The Morgan fingerprint density at radius 1 is 1.04 bits per heavy atom. The molecule has 6 heteroatoms. The maximum atomic E-state index is 12.6. The summed E-state index contributed by atoms with van der Waals surface area (Å²) in [5.74, 6) is 0.790. The fourth-order valence-electron chi connectivity index (χ4n) is 2.73. The number of carbonyl (C=O) groups excluding carboxylic acids is 2. The topological polar surface area (TPSA) is 50.5 Å². The molecule has 134 valence electrons. The number of aryl methyl sites for hydroxylation is 1. The Labute approximate surface area is 165 Å². The number of rotatable bonds is 3. The minimum atomic E-state index is -0.354. The number of benzene rings is 2. The zero-order valence-corrected chi connectivity index (χ0v) is 15.9. The smallest absolute Gasteiger partial charge is 0.298 e. The lowest BCUT2D eigenvalue weighted by Gasteiger charge is -2.11. The van der Waals surface area contributed by atoms with E-state index >= 15 is 0 Å². The number of anilines is 1. The van der Waals surface area contributed by atoms with Gasteiger partial charge in [0.2, 0.25) is 0 Å². The minimum Gasteiger partial charge on any atom is -0.457 e. The summed E-state index contributed by atoms with van der Waals surface area (Å²) in [7, 11) is 0. The highest BCUT2D eigenvalue weighted by Gasteiger charge is 2.36. The number of hydrogen-bond donors (Lipinski definition) is 0. The zero-order valence-electron chi connectivity index (χ0n) is 14.3. The molecule has 1 fully saturated rings. The van der Waals surface area contributed by atoms with E-state index in [1.807, 2.05) is 37.3 Å². The Morgan fingerprint density at radius 3 is 2.56 bits per heavy atom. The first-order chi connectivity index (χ1) is 13.0. The highest BCUT2D eigenvalue weighted by Crippen LogP contribution is 2.36. The second kappa shape index (κ2) is 7.10. The van der Waals surface area contributed by atoms with Gasteiger partial charge in [0.15, 0.2) is 0 Å². The van der Waals surface area contributed by atoms with Crippen LogP contribution < -0.4 is 4.90 Å². The van der Waals surface area contributed by atoms with Crippen molar-refractivity contribution in [2.75, 3.05) is 4.90 Å². The molecule has 0 radical (unpaired) electrons. The summed E-state index contributed by atoms with van der Waals surface area (Å²) in [6.07, 6.45) is 1.59. The van der Waals surface area contributed by atoms with Crippen molar-refractivity contribution in [1.82, 2.24) is 0 Å². The number of thioether (sulfide) groups is 1. The molecule has 0 atom stereocenters. The van der Waals surface area contributed by atoms with Crippen LogP contribution in [0.3, 0.4) is 0 Å². The Balaban J connectivity index is 1.61. The van der Waals surface area contributed by atoms with Crippen LogP contribution in [0.2, 0.25) is 5.02 Å². The zero-order chi connectivity index (χ0) is 19.0. The number of halogens is 1. The number of furan rings is 1. The second-order valence-electron chi connectivity index (χ2n) is 6.02. The van der Waals surface area contributed by atoms with E-state index in [4.69, 9.17) is 16.0 Å². The van der Waals surface area contributed by atoms with E-state index in [-0.39, 0.29) is 11.1 Å². The summed E-state index contributed by atoms with van der Waals surface area (Å²) in [6, 6.07) is 18.1. The van der Waals surface area contributed by atoms with Crippen molar-refractivity contribution >= 4 is 46.3 Å². The lowest BCUT2D eigenvalue weighted by atomic mass is 10.1. The fraction of sp³-hybridized carbons (Fsp3) is 0.0476. The SMILES string of the molecule is Cc1ccc(-c2ccc(/C=C3/SC(=O)N(c4ccccc4)C3=O)o2)cc1Cl. The molecule has 0 aliphatic carbocycles. The molecule has 2 aromatic carbocycles. The summed E-state index contributed by atoms with van der Waals surface area (Å²) >= 11 is 7.07. The number of imide groups is 1. The van der Waals surface area contributed by atoms with Crippen LogP contribution in [0.4, 0.5) is 10.5 Å². The molecule has 1 aromatic heterocycles. The fourth-order valence-corrected chi connectivity index (χ4v) is 3.73. The Hall–Kier alpha value is -2.76. The Kier molecular flexibility index (Phi) is 4.64. The predicted molar refractivity (Wildman–Crippen MR) is 109 cm³/mol. The van der Waals surface area contributed by atoms with Gasteiger partial charge in [0.1, 0.15) is 11.5 Å². The largest absolute Gasteiger partial charge is 0.457 e. The highest BCUT2D eigenvalue weighted by molar-refractivity contribution is 8.19. The first kappa shape index (κ1) is 17.6. The third-order valence-corrected chi connectivity index (χ3v) is 5.44. The van der Waals surface area contributed by atoms with Gasteiger partial charge >= 0.3 is 0 Å². The van der Waals surface area contributed by atoms with Crippen LogP contribution in [0.15, 0.2) is 70.0 Å². The van der Waals surface area contributed by atoms with E-state index in [2.05, 4.69) is 0 Å². The van der Waals surface area contributed by atoms with Gasteiger partial charge in [-0.3, -0.25) is 9.59 Å². The lowest BCUT2D eigenvalue weighted by molar-refractivity contribution is -0.113. The van der Waals surface area contributed by atoms with E-state index in [1.165, 1.54) is 4.90 Å². The average Bonchev–Trinajstić information content (AvgIpc) is 3.23. The number of amides is 2. The number of nitrogens with zero attached hydrogens (tertiary/aromatic N) is 1. The monoisotopic (exact) mass is 395 g/mol. The van der Waals surface area contributed by atoms with Gasteiger partial charge in [0.05, 0.1) is 10.6 Å². The average molecular weight is 396 g/mol. The van der Waals surface area contributed by atoms with Gasteiger partial charge < -0.3 is 4.42 Å². The second-order valence-corrected chi connectivity index (χ2v) is 7.42. The molecular weight excluding hydrogens is 382 g/mol. The van der Waals surface area contributed by atoms with E-state index in [1.54, 1.807) is 36.4 Å². The van der Waals surface area contributed by atoms with Gasteiger partial charge in [0.25, 0.3) is 11.1 Å². The molecule has 4 nitrogen and oxygen atoms in total. The normalized spacial score (nSPS) is 15.8. The molecular formula is C21H14ClNO3S. The van der Waals surface area contributed by atoms with E-state index in [0.717, 1.165) is 22.9 Å². The molecule has 0 bridgehead atoms. The van der Waals surface area contributed by atoms with Crippen LogP contribution in [0.5, 0.6) is 0 Å². The number of carbonyl (C=O) groups is 2. The summed E-state index contributed by atoms with van der Waals surface area (Å²) in [5, 5.41) is 0.337. The molecule has 1 saturated heterocycles. The lowest BCUT2D eigenvalue weighted by Crippen LogP contribution is -2.27. The predicted octanol–water partition coefficient (Wildman–Crippen LogP) is 6.15. The summed E-state index contributed by atoms with van der Waals surface area (Å²) in [5.41, 5.74) is 2.39. The van der Waals surface area contributed by atoms with Crippen molar-refractivity contribution < 1.29 is 14.0 Å². The molecule has 4 rings (SSSR count). The molecule has 0 spiro atoms. The van der Waals surface area contributed by atoms with Gasteiger partial charge in [-0.1, -0.05) is 41.9 Å². The quantitative estimate of drug-likeness (QED) is 0.499. The van der Waals surface area contributed by atoms with Gasteiger partial charge in [-0.2, -0.15) is 0 Å². The van der Waals surface area contributed by atoms with Crippen LogP contribution >= 0.6 is 23.4 Å². The van der Waals surface area contributed by atoms with Crippen molar-refractivity contribution in [3.05, 3.63) is 81.9 Å². The molecule has 3 aromatic rings. The first-order valence-corrected chi connectivity index (χ1v) is 9.42. The van der Waals surface area contributed by atoms with E-state index in [9.17, 15) is 9.59 Å². The van der Waals surface area contributed by atoms with Crippen LogP contribution in [-0.4, -0.2) is 11.1 Å². The maximum Gasteiger partial charge on any atom is 0.298 e. The molecule has 0 N–H and O–H groups in total. The minimum absolute atomic E-state index is 0.324. The molecule has 1 aliphatic heterocycles. The van der Waals surface area contributed by atoms with Gasteiger partial charge in [-0.05, 0) is 54.6 Å². The van der Waals surface area contributed by atoms with E-state index < -0.39 is 0 Å². The Morgan fingerprint density at radius 2 is 1.81 bits per heavy atom. The molecule has 2 amide bonds. The third-order valence-electron chi connectivity index (χ3n) is 4.16. The molecule has 1 aliphatic rings. The van der Waals surface area contributed by atoms with Crippen LogP contribution in [0.25, 0.3) is 17.4 Å². The number of para-hydroxylation sites is 1. The maximum absolute atomic E-state index is 12.6. The van der Waals surface area contributed by atoms with Crippen LogP contribution in [0.1, 0.15) is 11.3 Å². The first-order valence-electron chi connectivity index (χ1n) is 8.22. The molecule has 27 heavy (non-hydrogen) atoms. The summed E-state index contributed by atoms with van der Waals surface area (Å²) in [6.45, 7) is 1.93. The van der Waals surface area contributed by atoms with Crippen molar-refractivity contribution in [2.24, 2.45) is 0 Å². The van der Waals surface area contributed by atoms with Crippen LogP contribution in [-0.2, 0) is 4.79 Å². The molecule has 2 heterocycles. The highest BCUT2D eigenvalue weighted by atomic mass is 35.5. The van der Waals surface area contributed by atoms with Crippen molar-refractivity contribution in [1.29, 1.82) is 0 Å². The third kappa shape index (κ3) is 3.44. The molecule has 0 unspecified atom stereocenters. The van der Waals surface area contributed by atoms with Crippen molar-refractivity contribution in [2.45, 2.75) is 6.92 Å². The summed E-state index contributed by atoms with van der Waals surface area (Å²) in [4.78, 5) is 26.4. The van der Waals surface area contributed by atoms with Crippen molar-refractivity contribution in [3.63, 3.8) is 0 Å². The number of hydrogen-bond acceptors (Lipinski definition) is 4. The summed E-state index contributed by atoms with van der Waals surface area (Å²) < 4.78 is 5.82. The van der Waals surface area contributed by atoms with Gasteiger partial charge in [-0.25, -0.2) is 4.90 Å². The van der Waals surface area contributed by atoms with Gasteiger partial charge in [-0.15, -0.1) is 0 Å². The Bertz CT molecular complexity index is 1070. The van der Waals surface area contributed by atoms with Gasteiger partial charge in [0, 0.05) is 16.7 Å².